The van der Waals surface area contributed by atoms with Gasteiger partial charge in [-0.2, -0.15) is 0 Å². The maximum Gasteiger partial charge on any atom is 0.256 e. The normalized spacial score (nSPS) is 18.1. The summed E-state index contributed by atoms with van der Waals surface area (Å²) in [4.78, 5) is 27.3. The van der Waals surface area contributed by atoms with Crippen LogP contribution in [0.15, 0.2) is 18.2 Å². The highest BCUT2D eigenvalue weighted by Gasteiger charge is 2.31. The maximum atomic E-state index is 12.6. The van der Waals surface area contributed by atoms with Crippen molar-refractivity contribution < 1.29 is 9.59 Å². The number of nitrogens with zero attached hydrogens (tertiary/aromatic N) is 2. The molecule has 1 aliphatic rings. The van der Waals surface area contributed by atoms with Gasteiger partial charge in [-0.25, -0.2) is 0 Å². The maximum absolute atomic E-state index is 12.6. The molecule has 0 bridgehead atoms. The minimum Gasteiger partial charge on any atom is -0.399 e. The van der Waals surface area contributed by atoms with Crippen molar-refractivity contribution in [1.29, 1.82) is 0 Å². The molecule has 1 fully saturated rings. The van der Waals surface area contributed by atoms with Crippen LogP contribution in [0.3, 0.4) is 0 Å². The van der Waals surface area contributed by atoms with Crippen molar-refractivity contribution in [2.75, 3.05) is 37.8 Å². The molecule has 2 rings (SSSR count). The highest BCUT2D eigenvalue weighted by molar-refractivity contribution is 6.01. The lowest BCUT2D eigenvalue weighted by Crippen LogP contribution is -2.32. The molecule has 1 aromatic rings. The summed E-state index contributed by atoms with van der Waals surface area (Å²) in [5.74, 6) is -0.701. The molecule has 1 unspecified atom stereocenters. The minimum atomic E-state index is -0.347. The molecule has 0 spiro atoms. The van der Waals surface area contributed by atoms with Crippen molar-refractivity contribution in [3.63, 3.8) is 0 Å². The summed E-state index contributed by atoms with van der Waals surface area (Å²) in [6.07, 6.45) is 0.626. The van der Waals surface area contributed by atoms with Crippen LogP contribution in [0.2, 0.25) is 0 Å². The quantitative estimate of drug-likeness (QED) is 0.776. The Bertz CT molecular complexity index is 542. The van der Waals surface area contributed by atoms with Crippen LogP contribution in [0.25, 0.3) is 0 Å². The Morgan fingerprint density at radius 2 is 2.05 bits per heavy atom. The number of nitrogen functional groups attached to an aromatic ring is 1. The number of primary amides is 1. The van der Waals surface area contributed by atoms with Crippen LogP contribution in [0.1, 0.15) is 16.8 Å². The number of benzene rings is 1. The zero-order chi connectivity index (χ0) is 14.9. The average Bonchev–Trinajstić information content (AvgIpc) is 2.87. The first-order valence-electron chi connectivity index (χ1n) is 6.55. The van der Waals surface area contributed by atoms with E-state index in [1.165, 1.54) is 0 Å². The summed E-state index contributed by atoms with van der Waals surface area (Å²) < 4.78 is 0. The van der Waals surface area contributed by atoms with E-state index in [9.17, 15) is 9.59 Å². The molecule has 0 aromatic heterocycles. The summed E-state index contributed by atoms with van der Waals surface area (Å²) in [5, 5.41) is 0. The van der Waals surface area contributed by atoms with E-state index in [-0.39, 0.29) is 17.7 Å². The van der Waals surface area contributed by atoms with Crippen LogP contribution >= 0.6 is 0 Å². The standard InChI is InChI=1S/C14H20N4O2/c1-17(2)12-4-3-10(15)7-11(12)14(20)18-6-5-9(8-18)13(16)19/h3-4,7,9H,5-6,8,15H2,1-2H3,(H2,16,19). The number of rotatable bonds is 3. The van der Waals surface area contributed by atoms with Gasteiger partial charge in [0.1, 0.15) is 0 Å². The van der Waals surface area contributed by atoms with Gasteiger partial charge in [0.2, 0.25) is 5.91 Å². The molecular weight excluding hydrogens is 256 g/mol. The lowest BCUT2D eigenvalue weighted by Gasteiger charge is -2.22. The molecule has 0 aliphatic carbocycles. The second-order valence-electron chi connectivity index (χ2n) is 5.31. The Kier molecular flexibility index (Phi) is 3.83. The fourth-order valence-electron chi connectivity index (χ4n) is 2.46. The molecule has 4 N–H and O–H groups in total. The van der Waals surface area contributed by atoms with Gasteiger partial charge in [0.25, 0.3) is 5.91 Å². The highest BCUT2D eigenvalue weighted by atomic mass is 16.2. The monoisotopic (exact) mass is 276 g/mol. The SMILES string of the molecule is CN(C)c1ccc(N)cc1C(=O)N1CCC(C(N)=O)C1. The van der Waals surface area contributed by atoms with Crippen LogP contribution in [0.5, 0.6) is 0 Å². The summed E-state index contributed by atoms with van der Waals surface area (Å²) in [6.45, 7) is 0.934. The summed E-state index contributed by atoms with van der Waals surface area (Å²) in [6, 6.07) is 5.27. The van der Waals surface area contributed by atoms with Crippen molar-refractivity contribution in [3.8, 4) is 0 Å². The predicted molar refractivity (Wildman–Crippen MR) is 78.4 cm³/mol. The summed E-state index contributed by atoms with van der Waals surface area (Å²) in [7, 11) is 3.75. The van der Waals surface area contributed by atoms with Crippen LogP contribution in [-0.4, -0.2) is 43.9 Å². The Hall–Kier alpha value is -2.24. The van der Waals surface area contributed by atoms with E-state index in [1.807, 2.05) is 25.1 Å². The fraction of sp³-hybridized carbons (Fsp3) is 0.429. The van der Waals surface area contributed by atoms with E-state index in [0.717, 1.165) is 5.69 Å². The molecule has 1 atom stereocenters. The van der Waals surface area contributed by atoms with Gasteiger partial charge in [-0.05, 0) is 24.6 Å². The van der Waals surface area contributed by atoms with Gasteiger partial charge in [0.05, 0.1) is 11.5 Å². The third-order valence-corrected chi connectivity index (χ3v) is 3.61. The smallest absolute Gasteiger partial charge is 0.256 e. The van der Waals surface area contributed by atoms with Gasteiger partial charge in [-0.3, -0.25) is 9.59 Å². The van der Waals surface area contributed by atoms with Gasteiger partial charge >= 0.3 is 0 Å². The molecule has 20 heavy (non-hydrogen) atoms. The van der Waals surface area contributed by atoms with Crippen LogP contribution in [0.4, 0.5) is 11.4 Å². The van der Waals surface area contributed by atoms with E-state index < -0.39 is 0 Å². The fourth-order valence-corrected chi connectivity index (χ4v) is 2.46. The summed E-state index contributed by atoms with van der Waals surface area (Å²) >= 11 is 0. The number of anilines is 2. The second kappa shape index (κ2) is 5.40. The van der Waals surface area contributed by atoms with Crippen molar-refractivity contribution in [3.05, 3.63) is 23.8 Å². The third-order valence-electron chi connectivity index (χ3n) is 3.61. The van der Waals surface area contributed by atoms with Crippen LogP contribution in [0, 0.1) is 5.92 Å². The zero-order valence-corrected chi connectivity index (χ0v) is 11.8. The van der Waals surface area contributed by atoms with Crippen molar-refractivity contribution >= 4 is 23.2 Å². The first kappa shape index (κ1) is 14.2. The lowest BCUT2D eigenvalue weighted by molar-refractivity contribution is -0.121. The number of carbonyl (C=O) groups excluding carboxylic acids is 2. The van der Waals surface area contributed by atoms with Crippen molar-refractivity contribution in [2.45, 2.75) is 6.42 Å². The van der Waals surface area contributed by atoms with Crippen LogP contribution < -0.4 is 16.4 Å². The van der Waals surface area contributed by atoms with Crippen LogP contribution in [-0.2, 0) is 4.79 Å². The molecule has 108 valence electrons. The van der Waals surface area contributed by atoms with Crippen molar-refractivity contribution in [2.24, 2.45) is 11.7 Å². The Labute approximate surface area is 118 Å². The molecule has 1 aromatic carbocycles. The zero-order valence-electron chi connectivity index (χ0n) is 11.8. The largest absolute Gasteiger partial charge is 0.399 e. The number of amides is 2. The number of nitrogens with two attached hydrogens (primary N) is 2. The van der Waals surface area contributed by atoms with E-state index in [1.54, 1.807) is 17.0 Å². The average molecular weight is 276 g/mol. The Morgan fingerprint density at radius 3 is 2.60 bits per heavy atom. The summed E-state index contributed by atoms with van der Waals surface area (Å²) in [5.41, 5.74) is 13.0. The molecule has 1 heterocycles. The van der Waals surface area contributed by atoms with Gasteiger partial charge < -0.3 is 21.3 Å². The van der Waals surface area contributed by atoms with Gasteiger partial charge in [0, 0.05) is 38.6 Å². The van der Waals surface area contributed by atoms with Crippen molar-refractivity contribution in [1.82, 2.24) is 4.90 Å². The molecule has 1 aliphatic heterocycles. The minimum absolute atomic E-state index is 0.107. The number of likely N-dealkylation sites (tertiary alicyclic amines) is 1. The van der Waals surface area contributed by atoms with Gasteiger partial charge in [-0.15, -0.1) is 0 Å². The van der Waals surface area contributed by atoms with Gasteiger partial charge in [-0.1, -0.05) is 0 Å². The lowest BCUT2D eigenvalue weighted by atomic mass is 10.1. The van der Waals surface area contributed by atoms with E-state index in [2.05, 4.69) is 0 Å². The molecular formula is C14H20N4O2. The van der Waals surface area contributed by atoms with E-state index in [4.69, 9.17) is 11.5 Å². The Balaban J connectivity index is 2.26. The Morgan fingerprint density at radius 1 is 1.35 bits per heavy atom. The third kappa shape index (κ3) is 2.68. The number of carbonyl (C=O) groups is 2. The topological polar surface area (TPSA) is 92.7 Å². The number of hydrogen-bond acceptors (Lipinski definition) is 4. The predicted octanol–water partition coefficient (Wildman–Crippen LogP) is 0.282. The molecule has 6 nitrogen and oxygen atoms in total. The molecule has 1 saturated heterocycles. The molecule has 0 radical (unpaired) electrons. The molecule has 2 amide bonds. The first-order valence-corrected chi connectivity index (χ1v) is 6.55. The van der Waals surface area contributed by atoms with E-state index >= 15 is 0 Å². The molecule has 6 heteroatoms. The second-order valence-corrected chi connectivity index (χ2v) is 5.31. The van der Waals surface area contributed by atoms with E-state index in [0.29, 0.717) is 30.8 Å². The molecule has 0 saturated carbocycles. The highest BCUT2D eigenvalue weighted by Crippen LogP contribution is 2.25. The van der Waals surface area contributed by atoms with Gasteiger partial charge in [0.15, 0.2) is 0 Å². The first-order chi connectivity index (χ1) is 9.40. The number of hydrogen-bond donors (Lipinski definition) is 2.